The van der Waals surface area contributed by atoms with Crippen molar-refractivity contribution in [2.24, 2.45) is 0 Å². The van der Waals surface area contributed by atoms with Gasteiger partial charge < -0.3 is 18.5 Å². The molecule has 0 spiro atoms. The van der Waals surface area contributed by atoms with E-state index < -0.39 is 5.97 Å². The first kappa shape index (κ1) is 19.7. The summed E-state index contributed by atoms with van der Waals surface area (Å²) in [5.74, 6) is 0.276. The van der Waals surface area contributed by atoms with E-state index in [0.29, 0.717) is 22.9 Å². The molecular formula is C19H19N3O5S. The van der Waals surface area contributed by atoms with E-state index in [0.717, 1.165) is 11.8 Å². The van der Waals surface area contributed by atoms with Crippen LogP contribution in [0.3, 0.4) is 0 Å². The first-order valence-electron chi connectivity index (χ1n) is 8.60. The maximum absolute atomic E-state index is 12.7. The maximum Gasteiger partial charge on any atom is 0.326 e. The molecule has 8 nitrogen and oxygen atoms in total. The summed E-state index contributed by atoms with van der Waals surface area (Å²) in [5.41, 5.74) is 1.32. The minimum Gasteiger partial charge on any atom is -0.469 e. The van der Waals surface area contributed by atoms with Crippen LogP contribution in [0.25, 0.3) is 11.5 Å². The molecule has 146 valence electrons. The predicted octanol–water partition coefficient (Wildman–Crippen LogP) is 3.33. The van der Waals surface area contributed by atoms with Crippen LogP contribution in [0.4, 0.5) is 5.69 Å². The van der Waals surface area contributed by atoms with Gasteiger partial charge in [0.1, 0.15) is 12.3 Å². The number of hydrogen-bond donors (Lipinski definition) is 0. The zero-order valence-corrected chi connectivity index (χ0v) is 16.3. The highest BCUT2D eigenvalue weighted by atomic mass is 32.2. The Morgan fingerprint density at radius 3 is 2.64 bits per heavy atom. The number of aromatic nitrogens is 2. The first-order valence-corrected chi connectivity index (χ1v) is 9.59. The van der Waals surface area contributed by atoms with Crippen LogP contribution in [0.2, 0.25) is 0 Å². The topological polar surface area (TPSA) is 98.7 Å². The molecule has 3 aromatic rings. The molecule has 3 rings (SSSR count). The van der Waals surface area contributed by atoms with Crippen LogP contribution < -0.4 is 4.90 Å². The molecule has 2 heterocycles. The number of furan rings is 1. The second-order valence-corrected chi connectivity index (χ2v) is 6.60. The highest BCUT2D eigenvalue weighted by molar-refractivity contribution is 7.99. The molecule has 0 N–H and O–H groups in total. The lowest BCUT2D eigenvalue weighted by atomic mass is 10.3. The van der Waals surface area contributed by atoms with Crippen molar-refractivity contribution in [3.05, 3.63) is 48.4 Å². The van der Waals surface area contributed by atoms with Gasteiger partial charge in [-0.05, 0) is 32.0 Å². The quantitative estimate of drug-likeness (QED) is 0.419. The number of hydrogen-bond acceptors (Lipinski definition) is 8. The molecule has 0 saturated heterocycles. The molecule has 0 saturated carbocycles. The van der Waals surface area contributed by atoms with Gasteiger partial charge in [0.05, 0.1) is 24.2 Å². The van der Waals surface area contributed by atoms with Crippen LogP contribution in [0.15, 0.2) is 56.7 Å². The van der Waals surface area contributed by atoms with E-state index in [2.05, 4.69) is 10.2 Å². The number of carbonyl (C=O) groups is 2. The smallest absolute Gasteiger partial charge is 0.326 e. The standard InChI is InChI=1S/C19H19N3O5S/c1-3-25-17(24)11-22(14-7-5-4-6-8-14)16(23)12-28-19-21-20-18(27-19)15-9-10-26-13(15)2/h4-10H,3,11-12H2,1-2H3. The number of nitrogens with zero attached hydrogens (tertiary/aromatic N) is 3. The van der Waals surface area contributed by atoms with Crippen molar-refractivity contribution in [3.63, 3.8) is 0 Å². The number of esters is 1. The zero-order chi connectivity index (χ0) is 19.9. The Kier molecular flexibility index (Phi) is 6.49. The number of anilines is 1. The average Bonchev–Trinajstić information content (AvgIpc) is 3.33. The van der Waals surface area contributed by atoms with E-state index in [1.807, 2.05) is 6.07 Å². The Bertz CT molecular complexity index is 938. The summed E-state index contributed by atoms with van der Waals surface area (Å²) in [7, 11) is 0. The van der Waals surface area contributed by atoms with Crippen molar-refractivity contribution in [1.82, 2.24) is 10.2 Å². The number of amides is 1. The number of para-hydroxylation sites is 1. The fraction of sp³-hybridized carbons (Fsp3) is 0.263. The summed E-state index contributed by atoms with van der Waals surface area (Å²) in [6.45, 7) is 3.60. The SMILES string of the molecule is CCOC(=O)CN(C(=O)CSc1nnc(-c2ccoc2C)o1)c1ccccc1. The van der Waals surface area contributed by atoms with Gasteiger partial charge in [-0.3, -0.25) is 9.59 Å². The van der Waals surface area contributed by atoms with E-state index in [4.69, 9.17) is 13.6 Å². The van der Waals surface area contributed by atoms with Gasteiger partial charge in [0.2, 0.25) is 5.91 Å². The van der Waals surface area contributed by atoms with Crippen molar-refractivity contribution >= 4 is 29.3 Å². The van der Waals surface area contributed by atoms with Gasteiger partial charge >= 0.3 is 5.97 Å². The van der Waals surface area contributed by atoms with Crippen LogP contribution in [-0.4, -0.2) is 41.0 Å². The molecule has 0 aliphatic heterocycles. The van der Waals surface area contributed by atoms with Gasteiger partial charge in [-0.1, -0.05) is 30.0 Å². The summed E-state index contributed by atoms with van der Waals surface area (Å²) >= 11 is 1.10. The fourth-order valence-corrected chi connectivity index (χ4v) is 3.09. The molecule has 0 bridgehead atoms. The van der Waals surface area contributed by atoms with Crippen LogP contribution in [0.5, 0.6) is 0 Å². The van der Waals surface area contributed by atoms with Gasteiger partial charge in [0, 0.05) is 5.69 Å². The summed E-state index contributed by atoms with van der Waals surface area (Å²) in [5, 5.41) is 8.18. The largest absolute Gasteiger partial charge is 0.469 e. The molecule has 0 aliphatic carbocycles. The Hall–Kier alpha value is -3.07. The number of benzene rings is 1. The van der Waals surface area contributed by atoms with Crippen molar-refractivity contribution < 1.29 is 23.2 Å². The molecule has 1 aromatic carbocycles. The molecule has 9 heteroatoms. The Balaban J connectivity index is 1.67. The van der Waals surface area contributed by atoms with Crippen molar-refractivity contribution in [2.45, 2.75) is 19.1 Å². The Morgan fingerprint density at radius 1 is 1.18 bits per heavy atom. The van der Waals surface area contributed by atoms with Gasteiger partial charge in [0.15, 0.2) is 0 Å². The third-order valence-corrected chi connectivity index (χ3v) is 4.58. The fourth-order valence-electron chi connectivity index (χ4n) is 2.45. The van der Waals surface area contributed by atoms with Crippen molar-refractivity contribution in [3.8, 4) is 11.5 Å². The Morgan fingerprint density at radius 2 is 1.96 bits per heavy atom. The number of aryl methyl sites for hydroxylation is 1. The Labute approximate surface area is 165 Å². The lowest BCUT2D eigenvalue weighted by molar-refractivity contribution is -0.142. The third kappa shape index (κ3) is 4.80. The monoisotopic (exact) mass is 401 g/mol. The number of rotatable bonds is 8. The normalized spacial score (nSPS) is 10.6. The predicted molar refractivity (Wildman–Crippen MR) is 103 cm³/mol. The van der Waals surface area contributed by atoms with Gasteiger partial charge in [-0.15, -0.1) is 10.2 Å². The van der Waals surface area contributed by atoms with Gasteiger partial charge in [-0.25, -0.2) is 0 Å². The van der Waals surface area contributed by atoms with E-state index in [-0.39, 0.29) is 30.0 Å². The maximum atomic E-state index is 12.7. The minimum absolute atomic E-state index is 0.0281. The van der Waals surface area contributed by atoms with E-state index >= 15 is 0 Å². The van der Waals surface area contributed by atoms with E-state index in [9.17, 15) is 9.59 Å². The second-order valence-electron chi connectivity index (χ2n) is 5.67. The summed E-state index contributed by atoms with van der Waals surface area (Å²) in [4.78, 5) is 26.0. The van der Waals surface area contributed by atoms with Crippen LogP contribution in [-0.2, 0) is 14.3 Å². The highest BCUT2D eigenvalue weighted by Crippen LogP contribution is 2.26. The van der Waals surface area contributed by atoms with Crippen molar-refractivity contribution in [2.75, 3.05) is 23.8 Å². The van der Waals surface area contributed by atoms with Crippen LogP contribution >= 0.6 is 11.8 Å². The zero-order valence-electron chi connectivity index (χ0n) is 15.5. The third-order valence-electron chi connectivity index (χ3n) is 3.78. The van der Waals surface area contributed by atoms with E-state index in [1.54, 1.807) is 50.4 Å². The number of ether oxygens (including phenoxy) is 1. The molecule has 0 aliphatic rings. The number of thioether (sulfide) groups is 1. The molecule has 0 unspecified atom stereocenters. The lowest BCUT2D eigenvalue weighted by Gasteiger charge is -2.21. The number of carbonyl (C=O) groups excluding carboxylic acids is 2. The molecule has 0 atom stereocenters. The molecule has 2 aromatic heterocycles. The molecule has 0 fully saturated rings. The minimum atomic E-state index is -0.472. The highest BCUT2D eigenvalue weighted by Gasteiger charge is 2.21. The van der Waals surface area contributed by atoms with Crippen LogP contribution in [0.1, 0.15) is 12.7 Å². The summed E-state index contributed by atoms with van der Waals surface area (Å²) < 4.78 is 15.8. The van der Waals surface area contributed by atoms with Crippen molar-refractivity contribution in [1.29, 1.82) is 0 Å². The molecule has 1 amide bonds. The van der Waals surface area contributed by atoms with Crippen LogP contribution in [0, 0.1) is 6.92 Å². The lowest BCUT2D eigenvalue weighted by Crippen LogP contribution is -2.37. The summed E-state index contributed by atoms with van der Waals surface area (Å²) in [6, 6.07) is 10.7. The molecule has 28 heavy (non-hydrogen) atoms. The van der Waals surface area contributed by atoms with E-state index in [1.165, 1.54) is 4.90 Å². The molecule has 0 radical (unpaired) electrons. The second kappa shape index (κ2) is 9.23. The first-order chi connectivity index (χ1) is 13.6. The average molecular weight is 401 g/mol. The van der Waals surface area contributed by atoms with Gasteiger partial charge in [0.25, 0.3) is 11.1 Å². The summed E-state index contributed by atoms with van der Waals surface area (Å²) in [6.07, 6.45) is 1.54. The molecular weight excluding hydrogens is 382 g/mol. The van der Waals surface area contributed by atoms with Gasteiger partial charge in [-0.2, -0.15) is 0 Å².